The first-order valence-corrected chi connectivity index (χ1v) is 21.8. The van der Waals surface area contributed by atoms with Crippen molar-refractivity contribution in [3.05, 3.63) is 0 Å². The van der Waals surface area contributed by atoms with Crippen LogP contribution in [0, 0.1) is 0 Å². The summed E-state index contributed by atoms with van der Waals surface area (Å²) in [7, 11) is 2.13. The van der Waals surface area contributed by atoms with Crippen LogP contribution in [0.25, 0.3) is 0 Å². The topological polar surface area (TPSA) is 61.4 Å². The molecule has 0 aromatic carbocycles. The van der Waals surface area contributed by atoms with Gasteiger partial charge in [0.15, 0.2) is 0 Å². The summed E-state index contributed by atoms with van der Waals surface area (Å²) in [6.07, 6.45) is 43.9. The summed E-state index contributed by atoms with van der Waals surface area (Å²) in [6.45, 7) is 8.05. The van der Waals surface area contributed by atoms with Crippen molar-refractivity contribution < 1.29 is 9.59 Å². The molecule has 0 fully saturated rings. The summed E-state index contributed by atoms with van der Waals surface area (Å²) in [6, 6.07) is 0. The Kier molecular flexibility index (Phi) is 39.4. The average Bonchev–Trinajstić information content (AvgIpc) is 3.08. The molecule has 2 N–H and O–H groups in total. The van der Waals surface area contributed by atoms with Crippen LogP contribution in [0.5, 0.6) is 0 Å². The molecule has 0 radical (unpaired) electrons. The second-order valence-electron chi connectivity index (χ2n) is 15.1. The average molecular weight is 678 g/mol. The van der Waals surface area contributed by atoms with E-state index in [0.29, 0.717) is 12.8 Å². The minimum Gasteiger partial charge on any atom is -0.356 e. The van der Waals surface area contributed by atoms with E-state index in [1.165, 1.54) is 180 Å². The van der Waals surface area contributed by atoms with Crippen LogP contribution in [-0.2, 0) is 9.59 Å². The van der Waals surface area contributed by atoms with Gasteiger partial charge in [0.05, 0.1) is 0 Å². The second-order valence-corrected chi connectivity index (χ2v) is 15.1. The first-order chi connectivity index (χ1) is 23.6. The van der Waals surface area contributed by atoms with Crippen molar-refractivity contribution in [1.82, 2.24) is 15.5 Å². The van der Waals surface area contributed by atoms with Gasteiger partial charge in [0, 0.05) is 25.9 Å². The van der Waals surface area contributed by atoms with Gasteiger partial charge in [-0.1, -0.05) is 194 Å². The van der Waals surface area contributed by atoms with Crippen molar-refractivity contribution in [3.8, 4) is 0 Å². The first-order valence-electron chi connectivity index (χ1n) is 21.8. The maximum atomic E-state index is 12.2. The summed E-state index contributed by atoms with van der Waals surface area (Å²) >= 11 is 0. The van der Waals surface area contributed by atoms with Gasteiger partial charge in [-0.3, -0.25) is 9.59 Å². The minimum absolute atomic E-state index is 0.212. The van der Waals surface area contributed by atoms with Crippen molar-refractivity contribution in [3.63, 3.8) is 0 Å². The summed E-state index contributed by atoms with van der Waals surface area (Å²) in [4.78, 5) is 26.6. The number of rotatable bonds is 40. The van der Waals surface area contributed by atoms with E-state index in [9.17, 15) is 9.59 Å². The zero-order valence-electron chi connectivity index (χ0n) is 33.1. The van der Waals surface area contributed by atoms with Crippen molar-refractivity contribution in [2.75, 3.05) is 33.2 Å². The number of nitrogens with zero attached hydrogens (tertiary/aromatic N) is 1. The molecule has 5 nitrogen and oxygen atoms in total. The highest BCUT2D eigenvalue weighted by atomic mass is 16.2. The Hall–Kier alpha value is -1.10. The van der Waals surface area contributed by atoms with E-state index < -0.39 is 0 Å². The zero-order chi connectivity index (χ0) is 35.0. The Bertz CT molecular complexity index is 602. The van der Waals surface area contributed by atoms with Gasteiger partial charge in [0.2, 0.25) is 11.8 Å². The molecule has 0 saturated heterocycles. The third-order valence-electron chi connectivity index (χ3n) is 10.1. The van der Waals surface area contributed by atoms with E-state index >= 15 is 0 Å². The normalized spacial score (nSPS) is 11.4. The SMILES string of the molecule is CCCCCCCCCCCCCCCCCC(=O)NCCCN(C)CCCNC(=O)CCCCCCCCCCCCCCCCC. The highest BCUT2D eigenvalue weighted by Gasteiger charge is 2.04. The molecule has 0 aliphatic rings. The van der Waals surface area contributed by atoms with Gasteiger partial charge in [-0.2, -0.15) is 0 Å². The molecule has 0 bridgehead atoms. The van der Waals surface area contributed by atoms with Crippen molar-refractivity contribution in [2.24, 2.45) is 0 Å². The van der Waals surface area contributed by atoms with E-state index in [1.807, 2.05) is 0 Å². The number of hydrogen-bond donors (Lipinski definition) is 2. The maximum Gasteiger partial charge on any atom is 0.219 e. The second kappa shape index (κ2) is 40.3. The fourth-order valence-corrected chi connectivity index (χ4v) is 6.76. The van der Waals surface area contributed by atoms with Gasteiger partial charge in [0.1, 0.15) is 0 Å². The number of carbonyl (C=O) groups is 2. The van der Waals surface area contributed by atoms with Gasteiger partial charge >= 0.3 is 0 Å². The van der Waals surface area contributed by atoms with Crippen molar-refractivity contribution in [2.45, 2.75) is 232 Å². The molecule has 0 aromatic heterocycles. The monoisotopic (exact) mass is 678 g/mol. The highest BCUT2D eigenvalue weighted by Crippen LogP contribution is 2.15. The predicted octanol–water partition coefficient (Wildman–Crippen LogP) is 12.5. The van der Waals surface area contributed by atoms with Crippen LogP contribution >= 0.6 is 0 Å². The molecule has 0 saturated carbocycles. The van der Waals surface area contributed by atoms with Crippen LogP contribution in [0.3, 0.4) is 0 Å². The molecule has 0 aromatic rings. The van der Waals surface area contributed by atoms with Gasteiger partial charge in [-0.15, -0.1) is 0 Å². The lowest BCUT2D eigenvalue weighted by Gasteiger charge is -2.16. The molecule has 0 unspecified atom stereocenters. The quantitative estimate of drug-likeness (QED) is 0.0635. The van der Waals surface area contributed by atoms with Crippen LogP contribution in [-0.4, -0.2) is 49.9 Å². The van der Waals surface area contributed by atoms with E-state index in [1.54, 1.807) is 0 Å². The fourth-order valence-electron chi connectivity index (χ4n) is 6.76. The lowest BCUT2D eigenvalue weighted by Crippen LogP contribution is -2.30. The van der Waals surface area contributed by atoms with Crippen LogP contribution in [0.4, 0.5) is 0 Å². The Morgan fingerprint density at radius 2 is 0.583 bits per heavy atom. The molecule has 0 rings (SSSR count). The standard InChI is InChI=1S/C43H87N3O2/c1-4-6-8-10-12-14-16-18-20-22-24-26-28-30-32-36-42(47)44-38-34-40-46(3)41-35-39-45-43(48)37-33-31-29-27-25-23-21-19-17-15-13-11-9-7-5-2/h4-41H2,1-3H3,(H,44,47)(H,45,48). The van der Waals surface area contributed by atoms with Gasteiger partial charge in [-0.05, 0) is 45.8 Å². The van der Waals surface area contributed by atoms with Crippen LogP contribution in [0.1, 0.15) is 232 Å². The molecular weight excluding hydrogens is 590 g/mol. The van der Waals surface area contributed by atoms with E-state index in [2.05, 4.69) is 36.4 Å². The maximum absolute atomic E-state index is 12.2. The fraction of sp³-hybridized carbons (Fsp3) is 0.953. The molecule has 0 aliphatic heterocycles. The van der Waals surface area contributed by atoms with E-state index in [4.69, 9.17) is 0 Å². The van der Waals surface area contributed by atoms with Crippen molar-refractivity contribution in [1.29, 1.82) is 0 Å². The number of nitrogens with one attached hydrogen (secondary N) is 2. The molecule has 0 heterocycles. The third-order valence-corrected chi connectivity index (χ3v) is 10.1. The lowest BCUT2D eigenvalue weighted by atomic mass is 10.0. The number of unbranched alkanes of at least 4 members (excludes halogenated alkanes) is 28. The lowest BCUT2D eigenvalue weighted by molar-refractivity contribution is -0.122. The van der Waals surface area contributed by atoms with Crippen LogP contribution < -0.4 is 10.6 Å². The molecule has 0 spiro atoms. The number of amides is 2. The van der Waals surface area contributed by atoms with Gasteiger partial charge in [-0.25, -0.2) is 0 Å². The number of hydrogen-bond acceptors (Lipinski definition) is 3. The largest absolute Gasteiger partial charge is 0.356 e. The smallest absolute Gasteiger partial charge is 0.219 e. The summed E-state index contributed by atoms with van der Waals surface area (Å²) in [5.74, 6) is 0.424. The van der Waals surface area contributed by atoms with Crippen LogP contribution in [0.15, 0.2) is 0 Å². The molecule has 286 valence electrons. The molecular formula is C43H87N3O2. The summed E-state index contributed by atoms with van der Waals surface area (Å²) in [5, 5.41) is 6.20. The van der Waals surface area contributed by atoms with Crippen molar-refractivity contribution >= 4 is 11.8 Å². The zero-order valence-corrected chi connectivity index (χ0v) is 33.1. The van der Waals surface area contributed by atoms with Gasteiger partial charge in [0.25, 0.3) is 0 Å². The molecule has 0 aliphatic carbocycles. The Morgan fingerprint density at radius 3 is 0.833 bits per heavy atom. The molecule has 5 heteroatoms. The highest BCUT2D eigenvalue weighted by molar-refractivity contribution is 5.76. The summed E-state index contributed by atoms with van der Waals surface area (Å²) in [5.41, 5.74) is 0. The molecule has 48 heavy (non-hydrogen) atoms. The predicted molar refractivity (Wildman–Crippen MR) is 212 cm³/mol. The third kappa shape index (κ3) is 39.3. The van der Waals surface area contributed by atoms with Crippen LogP contribution in [0.2, 0.25) is 0 Å². The Morgan fingerprint density at radius 1 is 0.354 bits per heavy atom. The first kappa shape index (κ1) is 46.9. The number of carbonyl (C=O) groups excluding carboxylic acids is 2. The molecule has 0 atom stereocenters. The van der Waals surface area contributed by atoms with E-state index in [0.717, 1.165) is 51.9 Å². The Labute approximate surface area is 301 Å². The Balaban J connectivity index is 3.34. The molecule has 2 amide bonds. The van der Waals surface area contributed by atoms with Gasteiger partial charge < -0.3 is 15.5 Å². The summed E-state index contributed by atoms with van der Waals surface area (Å²) < 4.78 is 0. The van der Waals surface area contributed by atoms with E-state index in [-0.39, 0.29) is 11.8 Å². The minimum atomic E-state index is 0.212.